The van der Waals surface area contributed by atoms with Gasteiger partial charge in [0.2, 0.25) is 10.0 Å². The van der Waals surface area contributed by atoms with Gasteiger partial charge in [-0.1, -0.05) is 36.4 Å². The number of sulfonamides is 1. The Morgan fingerprint density at radius 1 is 1.18 bits per heavy atom. The molecule has 0 spiro atoms. The second kappa shape index (κ2) is 10.0. The molecule has 1 aliphatic heterocycles. The molecule has 1 aliphatic rings. The lowest BCUT2D eigenvalue weighted by Crippen LogP contribution is -2.37. The number of amides is 1. The van der Waals surface area contributed by atoms with Gasteiger partial charge in [-0.3, -0.25) is 4.79 Å². The van der Waals surface area contributed by atoms with Crippen molar-refractivity contribution in [1.82, 2.24) is 15.4 Å². The smallest absolute Gasteiger partial charge is 0.251 e. The molecule has 2 aromatic carbocycles. The largest absolute Gasteiger partial charge is 0.350 e. The average molecular weight is 424 g/mol. The summed E-state index contributed by atoms with van der Waals surface area (Å²) in [7, 11) is -3.70. The minimum Gasteiger partial charge on any atom is -0.350 e. The molecular weight excluding hydrogens is 398 g/mol. The van der Waals surface area contributed by atoms with Gasteiger partial charge in [-0.15, -0.1) is 12.4 Å². The van der Waals surface area contributed by atoms with Crippen LogP contribution in [0.2, 0.25) is 0 Å². The first-order chi connectivity index (χ1) is 13.0. The standard InChI is InChI=1S/C20H25N3O3S.ClH/c1-15-9-10-18(27(25,26)23-13-16-6-3-2-4-7-16)12-19(15)20(24)22-14-17-8-5-11-21-17;/h2-4,6-7,9-10,12,17,21,23H,5,8,11,13-14H2,1H3,(H,22,24);1H. The van der Waals surface area contributed by atoms with Gasteiger partial charge in [-0.05, 0) is 49.6 Å². The van der Waals surface area contributed by atoms with Gasteiger partial charge in [-0.25, -0.2) is 13.1 Å². The third kappa shape index (κ3) is 5.78. The molecule has 6 nitrogen and oxygen atoms in total. The number of carbonyl (C=O) groups excluding carboxylic acids is 1. The van der Waals surface area contributed by atoms with Crippen molar-refractivity contribution >= 4 is 28.3 Å². The van der Waals surface area contributed by atoms with E-state index < -0.39 is 10.0 Å². The molecule has 8 heteroatoms. The number of aryl methyl sites for hydroxylation is 1. The fourth-order valence-corrected chi connectivity index (χ4v) is 4.16. The van der Waals surface area contributed by atoms with E-state index in [1.165, 1.54) is 12.1 Å². The molecule has 1 atom stereocenters. The van der Waals surface area contributed by atoms with Crippen LogP contribution < -0.4 is 15.4 Å². The summed E-state index contributed by atoms with van der Waals surface area (Å²) in [5, 5.41) is 6.23. The Hall–Kier alpha value is -1.93. The van der Waals surface area contributed by atoms with Gasteiger partial charge in [-0.2, -0.15) is 0 Å². The summed E-state index contributed by atoms with van der Waals surface area (Å²) in [5.74, 6) is -0.249. The van der Waals surface area contributed by atoms with Gasteiger partial charge >= 0.3 is 0 Å². The first-order valence-corrected chi connectivity index (χ1v) is 10.6. The molecule has 3 N–H and O–H groups in total. The van der Waals surface area contributed by atoms with Crippen molar-refractivity contribution in [2.24, 2.45) is 0 Å². The zero-order chi connectivity index (χ0) is 19.3. The number of rotatable bonds is 7. The van der Waals surface area contributed by atoms with E-state index in [0.29, 0.717) is 12.1 Å². The predicted octanol–water partition coefficient (Wildman–Crippen LogP) is 2.38. The van der Waals surface area contributed by atoms with Crippen LogP contribution >= 0.6 is 12.4 Å². The number of benzene rings is 2. The first-order valence-electron chi connectivity index (χ1n) is 9.11. The van der Waals surface area contributed by atoms with Gasteiger partial charge in [0.25, 0.3) is 5.91 Å². The molecule has 0 aliphatic carbocycles. The van der Waals surface area contributed by atoms with Crippen LogP contribution in [0.5, 0.6) is 0 Å². The fourth-order valence-electron chi connectivity index (χ4n) is 3.11. The first kappa shape index (κ1) is 22.4. The Morgan fingerprint density at radius 2 is 1.93 bits per heavy atom. The summed E-state index contributed by atoms with van der Waals surface area (Å²) >= 11 is 0. The van der Waals surface area contributed by atoms with Crippen LogP contribution in [-0.4, -0.2) is 33.5 Å². The Bertz CT molecular complexity index is 898. The zero-order valence-corrected chi connectivity index (χ0v) is 17.4. The zero-order valence-electron chi connectivity index (χ0n) is 15.8. The minimum atomic E-state index is -3.70. The number of hydrogen-bond donors (Lipinski definition) is 3. The normalized spacial score (nSPS) is 16.4. The number of hydrogen-bond acceptors (Lipinski definition) is 4. The topological polar surface area (TPSA) is 87.3 Å². The van der Waals surface area contributed by atoms with E-state index in [9.17, 15) is 13.2 Å². The van der Waals surface area contributed by atoms with Crippen molar-refractivity contribution in [3.8, 4) is 0 Å². The van der Waals surface area contributed by atoms with Crippen LogP contribution in [0, 0.1) is 6.92 Å². The highest BCUT2D eigenvalue weighted by atomic mass is 35.5. The van der Waals surface area contributed by atoms with Crippen LogP contribution in [0.15, 0.2) is 53.4 Å². The second-order valence-corrected chi connectivity index (χ2v) is 8.56. The van der Waals surface area contributed by atoms with Crippen LogP contribution in [0.3, 0.4) is 0 Å². The lowest BCUT2D eigenvalue weighted by molar-refractivity contribution is 0.0949. The molecule has 1 amide bonds. The highest BCUT2D eigenvalue weighted by molar-refractivity contribution is 7.89. The molecule has 3 rings (SSSR count). The SMILES string of the molecule is Cc1ccc(S(=O)(=O)NCc2ccccc2)cc1C(=O)NCC1CCCN1.Cl. The molecule has 2 aromatic rings. The molecule has 0 aromatic heterocycles. The van der Waals surface area contributed by atoms with E-state index in [0.717, 1.165) is 30.5 Å². The highest BCUT2D eigenvalue weighted by Gasteiger charge is 2.19. The van der Waals surface area contributed by atoms with E-state index in [1.807, 2.05) is 30.3 Å². The summed E-state index contributed by atoms with van der Waals surface area (Å²) in [6, 6.07) is 14.2. The maximum Gasteiger partial charge on any atom is 0.251 e. The lowest BCUT2D eigenvalue weighted by Gasteiger charge is -2.14. The average Bonchev–Trinajstić information content (AvgIpc) is 3.19. The Balaban J connectivity index is 0.00000280. The second-order valence-electron chi connectivity index (χ2n) is 6.79. The summed E-state index contributed by atoms with van der Waals surface area (Å²) in [6.45, 7) is 3.52. The minimum absolute atomic E-state index is 0. The molecule has 1 unspecified atom stereocenters. The number of carbonyl (C=O) groups is 1. The van der Waals surface area contributed by atoms with Gasteiger partial charge in [0.15, 0.2) is 0 Å². The van der Waals surface area contributed by atoms with Gasteiger partial charge in [0, 0.05) is 24.7 Å². The molecular formula is C20H26ClN3O3S. The quantitative estimate of drug-likeness (QED) is 0.638. The van der Waals surface area contributed by atoms with Gasteiger partial charge in [0.05, 0.1) is 4.90 Å². The summed E-state index contributed by atoms with van der Waals surface area (Å²) in [5.41, 5.74) is 2.00. The molecule has 28 heavy (non-hydrogen) atoms. The third-order valence-electron chi connectivity index (χ3n) is 4.74. The Kier molecular flexibility index (Phi) is 8.00. The van der Waals surface area contributed by atoms with Gasteiger partial charge in [0.1, 0.15) is 0 Å². The van der Waals surface area contributed by atoms with E-state index in [4.69, 9.17) is 0 Å². The lowest BCUT2D eigenvalue weighted by atomic mass is 10.1. The van der Waals surface area contributed by atoms with Crippen molar-refractivity contribution in [1.29, 1.82) is 0 Å². The maximum atomic E-state index is 12.6. The van der Waals surface area contributed by atoms with Crippen LogP contribution in [-0.2, 0) is 16.6 Å². The molecule has 152 valence electrons. The van der Waals surface area contributed by atoms with Crippen LogP contribution in [0.4, 0.5) is 0 Å². The van der Waals surface area contributed by atoms with Crippen molar-refractivity contribution in [2.45, 2.75) is 37.2 Å². The predicted molar refractivity (Wildman–Crippen MR) is 112 cm³/mol. The Labute approximate surface area is 172 Å². The van der Waals surface area contributed by atoms with Crippen LogP contribution in [0.1, 0.15) is 34.3 Å². The number of halogens is 1. The van der Waals surface area contributed by atoms with Crippen molar-refractivity contribution in [2.75, 3.05) is 13.1 Å². The molecule has 1 fully saturated rings. The highest BCUT2D eigenvalue weighted by Crippen LogP contribution is 2.16. The molecule has 0 radical (unpaired) electrons. The number of nitrogens with one attached hydrogen (secondary N) is 3. The molecule has 1 heterocycles. The summed E-state index contributed by atoms with van der Waals surface area (Å²) < 4.78 is 27.8. The monoisotopic (exact) mass is 423 g/mol. The van der Waals surface area contributed by atoms with E-state index in [2.05, 4.69) is 15.4 Å². The van der Waals surface area contributed by atoms with Crippen molar-refractivity contribution in [3.05, 3.63) is 65.2 Å². The van der Waals surface area contributed by atoms with E-state index in [-0.39, 0.29) is 35.8 Å². The third-order valence-corrected chi connectivity index (χ3v) is 6.14. The van der Waals surface area contributed by atoms with Gasteiger partial charge < -0.3 is 10.6 Å². The Morgan fingerprint density at radius 3 is 2.61 bits per heavy atom. The van der Waals surface area contributed by atoms with E-state index in [1.54, 1.807) is 13.0 Å². The van der Waals surface area contributed by atoms with Crippen molar-refractivity contribution in [3.63, 3.8) is 0 Å². The molecule has 0 saturated carbocycles. The fraction of sp³-hybridized carbons (Fsp3) is 0.350. The molecule has 1 saturated heterocycles. The summed E-state index contributed by atoms with van der Waals surface area (Å²) in [4.78, 5) is 12.6. The van der Waals surface area contributed by atoms with E-state index >= 15 is 0 Å². The summed E-state index contributed by atoms with van der Waals surface area (Å²) in [6.07, 6.45) is 2.15. The van der Waals surface area contributed by atoms with Crippen LogP contribution in [0.25, 0.3) is 0 Å². The maximum absolute atomic E-state index is 12.6. The molecule has 0 bridgehead atoms. The van der Waals surface area contributed by atoms with Crippen molar-refractivity contribution < 1.29 is 13.2 Å².